The molecular weight excluding hydrogens is 970 g/mol. The van der Waals surface area contributed by atoms with E-state index in [9.17, 15) is 51.9 Å². The van der Waals surface area contributed by atoms with Crippen LogP contribution in [-0.2, 0) is 40.5 Å². The Balaban J connectivity index is 0.00000264. The van der Waals surface area contributed by atoms with Gasteiger partial charge < -0.3 is 5.32 Å². The molecule has 0 aliphatic heterocycles. The van der Waals surface area contributed by atoms with Gasteiger partial charge in [0.15, 0.2) is 0 Å². The first-order chi connectivity index (χ1) is 27.6. The minimum absolute atomic E-state index is 0. The summed E-state index contributed by atoms with van der Waals surface area (Å²) in [5.41, 5.74) is -0.241. The molecule has 30 heteroatoms. The van der Waals surface area contributed by atoms with Crippen molar-refractivity contribution < 1.29 is 51.9 Å². The Labute approximate surface area is 450 Å². The van der Waals surface area contributed by atoms with E-state index in [0.29, 0.717) is 11.1 Å². The molecule has 0 bridgehead atoms. The van der Waals surface area contributed by atoms with E-state index in [0.717, 1.165) is 48.5 Å². The molecule has 0 fully saturated rings. The number of benzene rings is 6. The van der Waals surface area contributed by atoms with Gasteiger partial charge in [0, 0.05) is 156 Å². The number of aromatic amines is 1. The van der Waals surface area contributed by atoms with Crippen LogP contribution >= 0.6 is 11.6 Å². The van der Waals surface area contributed by atoms with Crippen LogP contribution < -0.4 is 10.9 Å². The number of nitrogens with one attached hydrogen (secondary N) is 3. The van der Waals surface area contributed by atoms with Crippen molar-refractivity contribution in [3.05, 3.63) is 102 Å². The summed E-state index contributed by atoms with van der Waals surface area (Å²) >= 11 is 5.88. The Bertz CT molecular complexity index is 3550. The van der Waals surface area contributed by atoms with Crippen molar-refractivity contribution in [3.63, 3.8) is 0 Å². The van der Waals surface area contributed by atoms with E-state index in [1.165, 1.54) is 42.5 Å². The molecule has 0 spiro atoms. The summed E-state index contributed by atoms with van der Waals surface area (Å²) in [5, 5.41) is 27.3. The number of hydrogen-bond acceptors (Lipinski definition) is 16. The zero-order valence-corrected chi connectivity index (χ0v) is 44.9. The summed E-state index contributed by atoms with van der Waals surface area (Å²) in [4.78, 5) is 7.68. The molecule has 7 rings (SSSR count). The van der Waals surface area contributed by atoms with Gasteiger partial charge in [-0.15, -0.1) is 15.3 Å². The third-order valence-corrected chi connectivity index (χ3v) is 12.1. The van der Waals surface area contributed by atoms with E-state index in [2.05, 4.69) is 40.7 Å². The molecule has 6 aromatic carbocycles. The number of nitrogens with zero attached hydrogens (tertiary/aromatic N) is 6. The van der Waals surface area contributed by atoms with Gasteiger partial charge in [0.25, 0.3) is 40.5 Å². The van der Waals surface area contributed by atoms with Crippen LogP contribution in [0.15, 0.2) is 131 Å². The van der Waals surface area contributed by atoms with Gasteiger partial charge >= 0.3 is 0 Å². The number of hydrogen-bond donors (Lipinski definition) is 7. The maximum Gasteiger partial charge on any atom is 0.295 e. The number of rotatable bonds is 10. The minimum atomic E-state index is -4.99. The molecular formula is C33H22ClN9Na4O12S4. The van der Waals surface area contributed by atoms with Crippen molar-refractivity contribution >= 4 is 237 Å². The maximum absolute atomic E-state index is 12.3. The van der Waals surface area contributed by atoms with E-state index >= 15 is 0 Å². The summed E-state index contributed by atoms with van der Waals surface area (Å²) in [6.45, 7) is 0. The molecule has 0 saturated carbocycles. The summed E-state index contributed by atoms with van der Waals surface area (Å²) in [6.07, 6.45) is 0. The fourth-order valence-electron chi connectivity index (χ4n) is 5.89. The normalized spacial score (nSPS) is 12.1. The van der Waals surface area contributed by atoms with Crippen LogP contribution in [0.4, 0.5) is 34.4 Å². The maximum atomic E-state index is 12.3. The van der Waals surface area contributed by atoms with E-state index in [4.69, 9.17) is 17.0 Å². The van der Waals surface area contributed by atoms with Gasteiger partial charge in [0.2, 0.25) is 16.9 Å². The first-order valence-electron chi connectivity index (χ1n) is 16.0. The van der Waals surface area contributed by atoms with E-state index in [1.807, 2.05) is 0 Å². The predicted molar refractivity (Wildman–Crippen MR) is 233 cm³/mol. The van der Waals surface area contributed by atoms with Crippen molar-refractivity contribution in [3.8, 4) is 0 Å². The third-order valence-electron chi connectivity index (χ3n) is 8.40. The molecule has 0 aliphatic carbocycles. The standard InChI is InChI=1S/C33H22ClN9O12S4.4Na/c34-31-37-32(35)39-33(38-31)36-25-8-9-28(22-14-17(56(44,45)46)4-6-19(22)25)43-42-26-10-11-27(23-15-18(57(47,48)49)5-7-20(23)26)41-40-16-12-24-21(30(13-16)59(53,54)55)2-1-3-29(24)58(50,51)52;;;;/h1-15H,(H,44,45,46)(H,47,48,49)(H,50,51,52)(H,53,54,55)(H3,35,36,37,38,39);;;;. The molecule has 63 heavy (non-hydrogen) atoms. The number of azo groups is 2. The topological polar surface area (TPSA) is 344 Å². The number of aromatic nitrogens is 3. The molecule has 4 radical (unpaired) electrons. The summed E-state index contributed by atoms with van der Waals surface area (Å²) < 4.78 is 137. The molecule has 7 N–H and O–H groups in total. The van der Waals surface area contributed by atoms with Crippen LogP contribution in [0.3, 0.4) is 0 Å². The Morgan fingerprint density at radius 1 is 0.524 bits per heavy atom. The molecule has 0 amide bonds. The summed E-state index contributed by atoms with van der Waals surface area (Å²) in [7, 11) is -19.4. The fourth-order valence-corrected chi connectivity index (χ4v) is 8.49. The minimum Gasteiger partial charge on any atom is -0.325 e. The number of halogens is 1. The molecule has 1 aromatic heterocycles. The molecule has 0 unspecified atom stereocenters. The third kappa shape index (κ3) is 12.6. The monoisotopic (exact) mass is 991 g/mol. The van der Waals surface area contributed by atoms with Crippen molar-refractivity contribution in [1.82, 2.24) is 15.0 Å². The van der Waals surface area contributed by atoms with Crippen molar-refractivity contribution in [1.29, 1.82) is 5.41 Å². The Kier molecular flexibility index (Phi) is 18.6. The summed E-state index contributed by atoms with van der Waals surface area (Å²) in [6, 6.07) is 17.9. The van der Waals surface area contributed by atoms with Gasteiger partial charge in [-0.1, -0.05) is 24.3 Å². The Morgan fingerprint density at radius 3 is 1.57 bits per heavy atom. The number of fused-ring (bicyclic) bond motifs is 3. The molecule has 0 aliphatic rings. The smallest absolute Gasteiger partial charge is 0.295 e. The molecule has 21 nitrogen and oxygen atoms in total. The van der Waals surface area contributed by atoms with E-state index in [1.54, 1.807) is 0 Å². The average Bonchev–Trinajstić information content (AvgIpc) is 3.14. The van der Waals surface area contributed by atoms with Crippen LogP contribution in [0.5, 0.6) is 0 Å². The number of anilines is 2. The van der Waals surface area contributed by atoms with Gasteiger partial charge in [0.1, 0.15) is 9.79 Å². The molecule has 0 atom stereocenters. The van der Waals surface area contributed by atoms with Gasteiger partial charge in [-0.2, -0.15) is 48.8 Å². The van der Waals surface area contributed by atoms with Gasteiger partial charge in [-0.05, 0) is 78.3 Å². The van der Waals surface area contributed by atoms with Crippen molar-refractivity contribution in [2.75, 3.05) is 5.32 Å². The van der Waals surface area contributed by atoms with Gasteiger partial charge in [0.05, 0.1) is 32.5 Å². The Hall–Kier alpha value is -2.16. The average molecular weight is 992 g/mol. The van der Waals surface area contributed by atoms with Gasteiger partial charge in [-0.25, -0.2) is 0 Å². The van der Waals surface area contributed by atoms with Crippen LogP contribution in [0, 0.1) is 5.41 Å². The van der Waals surface area contributed by atoms with E-state index < -0.39 is 60.1 Å². The molecule has 7 aromatic rings. The second-order valence-electron chi connectivity index (χ2n) is 12.2. The molecule has 0 saturated heterocycles. The predicted octanol–water partition coefficient (Wildman–Crippen LogP) is 5.44. The number of H-pyrrole nitrogens is 1. The Morgan fingerprint density at radius 2 is 1.03 bits per heavy atom. The van der Waals surface area contributed by atoms with Crippen molar-refractivity contribution in [2.24, 2.45) is 20.5 Å². The first-order valence-corrected chi connectivity index (χ1v) is 22.1. The van der Waals surface area contributed by atoms with Crippen LogP contribution in [0.25, 0.3) is 32.3 Å². The first kappa shape index (κ1) is 55.2. The van der Waals surface area contributed by atoms with Crippen molar-refractivity contribution in [2.45, 2.75) is 19.6 Å². The molecule has 1 heterocycles. The molecule has 306 valence electrons. The second kappa shape index (κ2) is 21.2. The SMILES string of the molecule is N=c1nc(Cl)nc(Nc2ccc(N=Nc3ccc(N=Nc4cc(S(=O)(=O)O)c5cccc(S(=O)(=O)O)c5c4)c4cc(S(=O)(=O)O)ccc34)c3cc(S(=O)(=O)O)ccc23)[nH]1.[Na].[Na].[Na].[Na]. The summed E-state index contributed by atoms with van der Waals surface area (Å²) in [5.74, 6) is 0.0137. The van der Waals surface area contributed by atoms with Gasteiger partial charge in [-0.3, -0.25) is 28.6 Å². The van der Waals surface area contributed by atoms with Crippen LogP contribution in [0.1, 0.15) is 0 Å². The fraction of sp³-hybridized carbons (Fsp3) is 0. The zero-order chi connectivity index (χ0) is 42.7. The zero-order valence-electron chi connectivity index (χ0n) is 32.9. The van der Waals surface area contributed by atoms with Crippen LogP contribution in [0.2, 0.25) is 5.28 Å². The second-order valence-corrected chi connectivity index (χ2v) is 18.1. The van der Waals surface area contributed by atoms with E-state index in [-0.39, 0.29) is 185 Å². The largest absolute Gasteiger partial charge is 0.325 e. The quantitative estimate of drug-likeness (QED) is 0.0510. The van der Waals surface area contributed by atoms with Crippen LogP contribution in [-0.4, -0.2) is 185 Å².